The average Bonchev–Trinajstić information content (AvgIpc) is 3.71. The van der Waals surface area contributed by atoms with E-state index in [1.807, 2.05) is 37.3 Å². The van der Waals surface area contributed by atoms with E-state index in [-0.39, 0.29) is 0 Å². The summed E-state index contributed by atoms with van der Waals surface area (Å²) in [6.45, 7) is 6.40. The fourth-order valence-corrected chi connectivity index (χ4v) is 5.31. The van der Waals surface area contributed by atoms with Gasteiger partial charge in [-0.1, -0.05) is 48.8 Å². The predicted octanol–water partition coefficient (Wildman–Crippen LogP) is 2.95. The molecule has 2 aliphatic rings. The van der Waals surface area contributed by atoms with E-state index in [9.17, 15) is 10.2 Å². The van der Waals surface area contributed by atoms with Crippen LogP contribution in [0.3, 0.4) is 0 Å². The topological polar surface area (TPSA) is 157 Å². The van der Waals surface area contributed by atoms with Gasteiger partial charge in [0.15, 0.2) is 17.2 Å². The molecule has 5 heterocycles. The average molecular weight is 549 g/mol. The second-order valence-electron chi connectivity index (χ2n) is 10.4. The summed E-state index contributed by atoms with van der Waals surface area (Å²) in [5, 5.41) is 32.4. The van der Waals surface area contributed by atoms with Gasteiger partial charge in [0.05, 0.1) is 5.69 Å². The number of fused-ring (bicyclic) bond motifs is 1. The molecule has 0 bridgehead atoms. The van der Waals surface area contributed by atoms with Crippen LogP contribution in [-0.4, -0.2) is 78.6 Å². The van der Waals surface area contributed by atoms with Gasteiger partial charge in [0.25, 0.3) is 0 Å². The highest BCUT2D eigenvalue weighted by molar-refractivity contribution is 5.84. The molecule has 2 saturated heterocycles. The number of piperidine rings is 1. The van der Waals surface area contributed by atoms with Crippen LogP contribution in [0.15, 0.2) is 40.9 Å². The highest BCUT2D eigenvalue weighted by Gasteiger charge is 2.47. The Balaban J connectivity index is 1.25. The van der Waals surface area contributed by atoms with E-state index in [4.69, 9.17) is 14.2 Å². The summed E-state index contributed by atoms with van der Waals surface area (Å²) in [7, 11) is 0. The van der Waals surface area contributed by atoms with Gasteiger partial charge in [-0.05, 0) is 37.9 Å². The SMILES string of the molecule is CCc1cc([C@H]2O[C@H](c3nc4nc(NCCN5CCCCC5)nc(NCc5ccccc5)c4[nH]3)[C@H](O)[C@@H]2O)on1. The summed E-state index contributed by atoms with van der Waals surface area (Å²) in [5.41, 5.74) is 2.88. The number of ether oxygens (including phenoxy) is 1. The number of imidazole rings is 1. The number of likely N-dealkylation sites (tertiary alicyclic amines) is 1. The number of H-pyrrole nitrogens is 1. The molecule has 6 rings (SSSR count). The number of aliphatic hydroxyl groups is 2. The molecule has 1 aromatic carbocycles. The van der Waals surface area contributed by atoms with Gasteiger partial charge in [0.2, 0.25) is 5.95 Å². The number of aliphatic hydroxyl groups excluding tert-OH is 2. The number of anilines is 2. The normalized spacial score (nSPS) is 23.6. The predicted molar refractivity (Wildman–Crippen MR) is 149 cm³/mol. The number of nitrogens with one attached hydrogen (secondary N) is 3. The van der Waals surface area contributed by atoms with Gasteiger partial charge in [-0.15, -0.1) is 0 Å². The molecule has 12 nitrogen and oxygen atoms in total. The van der Waals surface area contributed by atoms with Crippen LogP contribution in [0.4, 0.5) is 11.8 Å². The third-order valence-corrected chi connectivity index (χ3v) is 7.58. The van der Waals surface area contributed by atoms with Crippen LogP contribution in [0.1, 0.15) is 61.2 Å². The lowest BCUT2D eigenvalue weighted by atomic mass is 10.1. The smallest absolute Gasteiger partial charge is 0.226 e. The zero-order valence-electron chi connectivity index (χ0n) is 22.6. The minimum absolute atomic E-state index is 0.349. The molecule has 4 atom stereocenters. The van der Waals surface area contributed by atoms with Crippen molar-refractivity contribution in [3.05, 3.63) is 59.2 Å². The van der Waals surface area contributed by atoms with Gasteiger partial charge < -0.3 is 40.0 Å². The summed E-state index contributed by atoms with van der Waals surface area (Å²) in [5.74, 6) is 1.77. The molecule has 0 amide bonds. The molecule has 12 heteroatoms. The molecule has 3 aromatic heterocycles. The number of rotatable bonds is 10. The zero-order valence-corrected chi connectivity index (χ0v) is 22.6. The molecule has 0 aliphatic carbocycles. The lowest BCUT2D eigenvalue weighted by Gasteiger charge is -2.26. The van der Waals surface area contributed by atoms with Crippen molar-refractivity contribution in [3.8, 4) is 0 Å². The minimum atomic E-state index is -1.23. The van der Waals surface area contributed by atoms with Crippen molar-refractivity contribution in [2.24, 2.45) is 0 Å². The number of aromatic nitrogens is 5. The van der Waals surface area contributed by atoms with Crippen molar-refractivity contribution in [1.29, 1.82) is 0 Å². The van der Waals surface area contributed by atoms with Gasteiger partial charge in [-0.25, -0.2) is 4.98 Å². The summed E-state index contributed by atoms with van der Waals surface area (Å²) < 4.78 is 11.4. The number of benzene rings is 1. The standard InChI is InChI=1S/C28H36N8O4/c1-2-18-15-19(40-35-18)23-21(37)22(38)24(39-23)27-31-20-25(30-16-17-9-5-3-6-10-17)33-28(34-26(20)32-27)29-11-14-36-12-7-4-8-13-36/h3,5-6,9-10,15,21-24,37-38H,2,4,7-8,11-14,16H2,1H3,(H3,29,30,31,32,33,34)/t21-,22+,23+,24-/m0/s1. The van der Waals surface area contributed by atoms with E-state index in [0.29, 0.717) is 47.5 Å². The second kappa shape index (κ2) is 11.9. The van der Waals surface area contributed by atoms with E-state index in [1.165, 1.54) is 19.3 Å². The molecule has 0 unspecified atom stereocenters. The summed E-state index contributed by atoms with van der Waals surface area (Å²) in [6, 6.07) is 11.8. The van der Waals surface area contributed by atoms with E-state index in [2.05, 4.69) is 35.6 Å². The molecular weight excluding hydrogens is 512 g/mol. The third kappa shape index (κ3) is 5.66. The fourth-order valence-electron chi connectivity index (χ4n) is 5.31. The van der Waals surface area contributed by atoms with Crippen molar-refractivity contribution < 1.29 is 19.5 Å². The van der Waals surface area contributed by atoms with Crippen LogP contribution >= 0.6 is 0 Å². The number of nitrogens with zero attached hydrogens (tertiary/aromatic N) is 5. The second-order valence-corrected chi connectivity index (χ2v) is 10.4. The van der Waals surface area contributed by atoms with Gasteiger partial charge in [0, 0.05) is 25.7 Å². The molecule has 40 heavy (non-hydrogen) atoms. The van der Waals surface area contributed by atoms with Crippen molar-refractivity contribution in [2.45, 2.75) is 63.6 Å². The van der Waals surface area contributed by atoms with Crippen molar-refractivity contribution in [1.82, 2.24) is 30.0 Å². The Hall–Kier alpha value is -3.58. The molecule has 2 aliphatic heterocycles. The van der Waals surface area contributed by atoms with Gasteiger partial charge in [-0.2, -0.15) is 9.97 Å². The van der Waals surface area contributed by atoms with Crippen LogP contribution in [0.2, 0.25) is 0 Å². The van der Waals surface area contributed by atoms with Crippen molar-refractivity contribution in [2.75, 3.05) is 36.8 Å². The Morgan fingerprint density at radius 2 is 1.80 bits per heavy atom. The fraction of sp³-hybridized carbons (Fsp3) is 0.500. The van der Waals surface area contributed by atoms with Gasteiger partial charge in [0.1, 0.15) is 35.8 Å². The summed E-state index contributed by atoms with van der Waals surface area (Å²) in [6.07, 6.45) is 0.266. The van der Waals surface area contributed by atoms with Crippen molar-refractivity contribution in [3.63, 3.8) is 0 Å². The van der Waals surface area contributed by atoms with Gasteiger partial charge in [-0.3, -0.25) is 0 Å². The van der Waals surface area contributed by atoms with Crippen LogP contribution < -0.4 is 10.6 Å². The Morgan fingerprint density at radius 1 is 1.00 bits per heavy atom. The van der Waals surface area contributed by atoms with Crippen LogP contribution in [0, 0.1) is 0 Å². The first-order valence-corrected chi connectivity index (χ1v) is 14.1. The molecule has 5 N–H and O–H groups in total. The minimum Gasteiger partial charge on any atom is -0.387 e. The molecule has 4 aromatic rings. The van der Waals surface area contributed by atoms with E-state index in [1.54, 1.807) is 6.07 Å². The van der Waals surface area contributed by atoms with E-state index >= 15 is 0 Å². The highest BCUT2D eigenvalue weighted by atomic mass is 16.6. The van der Waals surface area contributed by atoms with E-state index < -0.39 is 24.4 Å². The molecular formula is C28H36N8O4. The third-order valence-electron chi connectivity index (χ3n) is 7.58. The molecule has 0 saturated carbocycles. The lowest BCUT2D eigenvalue weighted by molar-refractivity contribution is -0.0111. The van der Waals surface area contributed by atoms with Crippen molar-refractivity contribution >= 4 is 22.9 Å². The number of hydrogen-bond donors (Lipinski definition) is 5. The first kappa shape index (κ1) is 26.6. The lowest BCUT2D eigenvalue weighted by Crippen LogP contribution is -2.33. The number of aryl methyl sites for hydroxylation is 1. The quantitative estimate of drug-likeness (QED) is 0.198. The molecule has 212 valence electrons. The number of hydrogen-bond acceptors (Lipinski definition) is 11. The van der Waals surface area contributed by atoms with Gasteiger partial charge >= 0.3 is 0 Å². The van der Waals surface area contributed by atoms with Crippen LogP contribution in [-0.2, 0) is 17.7 Å². The largest absolute Gasteiger partial charge is 0.387 e. The maximum Gasteiger partial charge on any atom is 0.226 e. The highest BCUT2D eigenvalue weighted by Crippen LogP contribution is 2.41. The molecule has 0 spiro atoms. The Morgan fingerprint density at radius 3 is 2.58 bits per heavy atom. The molecule has 2 fully saturated rings. The first-order chi connectivity index (χ1) is 19.6. The maximum absolute atomic E-state index is 10.9. The van der Waals surface area contributed by atoms with Crippen LogP contribution in [0.5, 0.6) is 0 Å². The molecule has 0 radical (unpaired) electrons. The Kier molecular flexibility index (Phi) is 7.91. The summed E-state index contributed by atoms with van der Waals surface area (Å²) >= 11 is 0. The maximum atomic E-state index is 10.9. The van der Waals surface area contributed by atoms with E-state index in [0.717, 1.165) is 37.4 Å². The first-order valence-electron chi connectivity index (χ1n) is 14.1. The Labute approximate surface area is 232 Å². The zero-order chi connectivity index (χ0) is 27.5. The Bertz CT molecular complexity index is 1400. The van der Waals surface area contributed by atoms with Crippen LogP contribution in [0.25, 0.3) is 11.2 Å². The summed E-state index contributed by atoms with van der Waals surface area (Å²) in [4.78, 5) is 19.8. The monoisotopic (exact) mass is 548 g/mol. The number of aromatic amines is 1.